The van der Waals surface area contributed by atoms with Crippen LogP contribution in [0.15, 0.2) is 40.8 Å². The Kier molecular flexibility index (Phi) is 5.72. The molecular weight excluding hydrogens is 326 g/mol. The van der Waals surface area contributed by atoms with Crippen LogP contribution >= 0.6 is 11.6 Å². The SMILES string of the molecule is COCc1ccc(CN2CCCC(C(=O)c3cccc(Cl)c3)C2)o1. The lowest BCUT2D eigenvalue weighted by molar-refractivity contribution is 0.0800. The first kappa shape index (κ1) is 17.2. The molecule has 0 amide bonds. The molecule has 1 saturated heterocycles. The number of methoxy groups -OCH3 is 1. The lowest BCUT2D eigenvalue weighted by Gasteiger charge is -2.31. The Hall–Kier alpha value is -1.62. The van der Waals surface area contributed by atoms with E-state index in [2.05, 4.69) is 4.90 Å². The first-order valence-electron chi connectivity index (χ1n) is 8.24. The van der Waals surface area contributed by atoms with E-state index < -0.39 is 0 Å². The van der Waals surface area contributed by atoms with Crippen LogP contribution in [-0.2, 0) is 17.9 Å². The van der Waals surface area contributed by atoms with Gasteiger partial charge in [-0.2, -0.15) is 0 Å². The highest BCUT2D eigenvalue weighted by Gasteiger charge is 2.27. The van der Waals surface area contributed by atoms with Crippen LogP contribution in [0, 0.1) is 5.92 Å². The van der Waals surface area contributed by atoms with Crippen molar-refractivity contribution < 1.29 is 13.9 Å². The predicted octanol–water partition coefficient (Wildman–Crippen LogP) is 4.17. The van der Waals surface area contributed by atoms with Gasteiger partial charge in [-0.1, -0.05) is 23.7 Å². The van der Waals surface area contributed by atoms with E-state index in [1.165, 1.54) is 0 Å². The van der Waals surface area contributed by atoms with Crippen LogP contribution in [0.3, 0.4) is 0 Å². The lowest BCUT2D eigenvalue weighted by Crippen LogP contribution is -2.38. The molecule has 0 radical (unpaired) electrons. The number of carbonyl (C=O) groups is 1. The maximum absolute atomic E-state index is 12.7. The molecule has 5 heteroatoms. The summed E-state index contributed by atoms with van der Waals surface area (Å²) in [6.45, 7) is 2.95. The molecule has 0 spiro atoms. The van der Waals surface area contributed by atoms with E-state index in [9.17, 15) is 4.79 Å². The van der Waals surface area contributed by atoms with Gasteiger partial charge in [-0.15, -0.1) is 0 Å². The number of ketones is 1. The first-order valence-corrected chi connectivity index (χ1v) is 8.62. The number of Topliss-reactive ketones (excluding diaryl/α,β-unsaturated/α-hetero) is 1. The van der Waals surface area contributed by atoms with E-state index in [0.29, 0.717) is 17.2 Å². The van der Waals surface area contributed by atoms with Gasteiger partial charge in [0.15, 0.2) is 5.78 Å². The van der Waals surface area contributed by atoms with Gasteiger partial charge < -0.3 is 9.15 Å². The van der Waals surface area contributed by atoms with Crippen LogP contribution in [-0.4, -0.2) is 30.9 Å². The average Bonchev–Trinajstić information content (AvgIpc) is 3.02. The molecule has 2 heterocycles. The summed E-state index contributed by atoms with van der Waals surface area (Å²) in [5.41, 5.74) is 0.703. The number of piperidine rings is 1. The number of nitrogens with zero attached hydrogens (tertiary/aromatic N) is 1. The van der Waals surface area contributed by atoms with E-state index in [1.807, 2.05) is 24.3 Å². The maximum Gasteiger partial charge on any atom is 0.167 e. The van der Waals surface area contributed by atoms with E-state index in [0.717, 1.165) is 44.0 Å². The lowest BCUT2D eigenvalue weighted by atomic mass is 9.90. The Labute approximate surface area is 147 Å². The Morgan fingerprint density at radius 1 is 1.33 bits per heavy atom. The Morgan fingerprint density at radius 2 is 2.17 bits per heavy atom. The molecule has 1 aliphatic rings. The number of hydrogen-bond acceptors (Lipinski definition) is 4. The quantitative estimate of drug-likeness (QED) is 0.735. The van der Waals surface area contributed by atoms with Crippen LogP contribution in [0.2, 0.25) is 5.02 Å². The molecule has 128 valence electrons. The molecule has 1 unspecified atom stereocenters. The van der Waals surface area contributed by atoms with Gasteiger partial charge in [-0.3, -0.25) is 9.69 Å². The van der Waals surface area contributed by atoms with Gasteiger partial charge in [0.1, 0.15) is 18.1 Å². The maximum atomic E-state index is 12.7. The third-order valence-corrected chi connectivity index (χ3v) is 4.60. The van der Waals surface area contributed by atoms with Crippen molar-refractivity contribution in [3.8, 4) is 0 Å². The zero-order chi connectivity index (χ0) is 16.9. The number of rotatable bonds is 6. The average molecular weight is 348 g/mol. The molecule has 0 bridgehead atoms. The number of hydrogen-bond donors (Lipinski definition) is 0. The third kappa shape index (κ3) is 4.26. The fraction of sp³-hybridized carbons (Fsp3) is 0.421. The van der Waals surface area contributed by atoms with Crippen LogP contribution in [0.4, 0.5) is 0 Å². The monoisotopic (exact) mass is 347 g/mol. The Balaban J connectivity index is 1.62. The largest absolute Gasteiger partial charge is 0.462 e. The van der Waals surface area contributed by atoms with Gasteiger partial charge >= 0.3 is 0 Å². The number of likely N-dealkylation sites (tertiary alicyclic amines) is 1. The van der Waals surface area contributed by atoms with Crippen LogP contribution in [0.1, 0.15) is 34.7 Å². The highest BCUT2D eigenvalue weighted by molar-refractivity contribution is 6.31. The van der Waals surface area contributed by atoms with Crippen molar-refractivity contribution in [2.24, 2.45) is 5.92 Å². The van der Waals surface area contributed by atoms with Gasteiger partial charge in [0.25, 0.3) is 0 Å². The molecule has 24 heavy (non-hydrogen) atoms. The second kappa shape index (κ2) is 7.97. The molecule has 1 aromatic carbocycles. The summed E-state index contributed by atoms with van der Waals surface area (Å²) in [4.78, 5) is 15.0. The molecule has 4 nitrogen and oxygen atoms in total. The number of halogens is 1. The number of benzene rings is 1. The fourth-order valence-electron chi connectivity index (χ4n) is 3.24. The van der Waals surface area contributed by atoms with Crippen molar-refractivity contribution >= 4 is 17.4 Å². The summed E-state index contributed by atoms with van der Waals surface area (Å²) in [6, 6.07) is 11.1. The Morgan fingerprint density at radius 3 is 2.96 bits per heavy atom. The Bertz CT molecular complexity index is 697. The van der Waals surface area contributed by atoms with Crippen molar-refractivity contribution in [3.05, 3.63) is 58.5 Å². The molecular formula is C19H22ClNO3. The molecule has 1 atom stereocenters. The van der Waals surface area contributed by atoms with E-state index >= 15 is 0 Å². The molecule has 0 aliphatic carbocycles. The summed E-state index contributed by atoms with van der Waals surface area (Å²) < 4.78 is 10.8. The second-order valence-corrected chi connectivity index (χ2v) is 6.69. The molecule has 1 fully saturated rings. The van der Waals surface area contributed by atoms with Crippen molar-refractivity contribution in [2.75, 3.05) is 20.2 Å². The molecule has 0 N–H and O–H groups in total. The van der Waals surface area contributed by atoms with Crippen molar-refractivity contribution in [1.29, 1.82) is 0 Å². The number of ether oxygens (including phenoxy) is 1. The zero-order valence-corrected chi connectivity index (χ0v) is 14.6. The van der Waals surface area contributed by atoms with Gasteiger partial charge in [0.2, 0.25) is 0 Å². The van der Waals surface area contributed by atoms with E-state index in [-0.39, 0.29) is 11.7 Å². The molecule has 1 aliphatic heterocycles. The van der Waals surface area contributed by atoms with Crippen LogP contribution < -0.4 is 0 Å². The second-order valence-electron chi connectivity index (χ2n) is 6.25. The van der Waals surface area contributed by atoms with Gasteiger partial charge in [-0.25, -0.2) is 0 Å². The number of carbonyl (C=O) groups excluding carboxylic acids is 1. The highest BCUT2D eigenvalue weighted by atomic mass is 35.5. The summed E-state index contributed by atoms with van der Waals surface area (Å²) in [5.74, 6) is 1.95. The minimum atomic E-state index is 0.0191. The topological polar surface area (TPSA) is 42.7 Å². The van der Waals surface area contributed by atoms with E-state index in [4.69, 9.17) is 20.8 Å². The molecule has 3 rings (SSSR count). The smallest absolute Gasteiger partial charge is 0.167 e. The van der Waals surface area contributed by atoms with Crippen molar-refractivity contribution in [1.82, 2.24) is 4.90 Å². The zero-order valence-electron chi connectivity index (χ0n) is 13.8. The first-order chi connectivity index (χ1) is 11.7. The minimum Gasteiger partial charge on any atom is -0.462 e. The predicted molar refractivity (Wildman–Crippen MR) is 93.2 cm³/mol. The van der Waals surface area contributed by atoms with E-state index in [1.54, 1.807) is 19.2 Å². The van der Waals surface area contributed by atoms with Crippen molar-refractivity contribution in [2.45, 2.75) is 26.0 Å². The highest BCUT2D eigenvalue weighted by Crippen LogP contribution is 2.24. The number of furan rings is 1. The summed E-state index contributed by atoms with van der Waals surface area (Å²) in [6.07, 6.45) is 1.94. The third-order valence-electron chi connectivity index (χ3n) is 4.37. The molecule has 0 saturated carbocycles. The van der Waals surface area contributed by atoms with Gasteiger partial charge in [-0.05, 0) is 43.7 Å². The normalized spacial score (nSPS) is 18.7. The minimum absolute atomic E-state index is 0.0191. The molecule has 2 aromatic rings. The van der Waals surface area contributed by atoms with Crippen molar-refractivity contribution in [3.63, 3.8) is 0 Å². The van der Waals surface area contributed by atoms with Gasteiger partial charge in [0, 0.05) is 30.2 Å². The van der Waals surface area contributed by atoms with Crippen LogP contribution in [0.25, 0.3) is 0 Å². The standard InChI is InChI=1S/C19H22ClNO3/c1-23-13-18-8-7-17(24-18)12-21-9-3-5-15(11-21)19(22)14-4-2-6-16(20)10-14/h2,4,6-8,10,15H,3,5,9,11-13H2,1H3. The summed E-state index contributed by atoms with van der Waals surface area (Å²) in [5, 5.41) is 0.606. The van der Waals surface area contributed by atoms with Crippen LogP contribution in [0.5, 0.6) is 0 Å². The fourth-order valence-corrected chi connectivity index (χ4v) is 3.43. The molecule has 1 aromatic heterocycles. The van der Waals surface area contributed by atoms with Gasteiger partial charge in [0.05, 0.1) is 6.54 Å². The summed E-state index contributed by atoms with van der Waals surface area (Å²) in [7, 11) is 1.65. The summed E-state index contributed by atoms with van der Waals surface area (Å²) >= 11 is 6.01.